The zero-order chi connectivity index (χ0) is 19.9. The van der Waals surface area contributed by atoms with E-state index < -0.39 is 5.97 Å². The number of carbonyl (C=O) groups is 2. The highest BCUT2D eigenvalue weighted by Gasteiger charge is 2.34. The smallest absolute Gasteiger partial charge is 0.343 e. The lowest BCUT2D eigenvalue weighted by Gasteiger charge is -2.25. The molecule has 6 heteroatoms. The Morgan fingerprint density at radius 3 is 2.57 bits per heavy atom. The van der Waals surface area contributed by atoms with Gasteiger partial charge in [0.1, 0.15) is 18.1 Å². The molecule has 0 radical (unpaired) electrons. The van der Waals surface area contributed by atoms with E-state index in [4.69, 9.17) is 14.0 Å². The molecule has 0 amide bonds. The molecule has 28 heavy (non-hydrogen) atoms. The maximum absolute atomic E-state index is 13.0. The number of hydrogen-bond acceptors (Lipinski definition) is 6. The summed E-state index contributed by atoms with van der Waals surface area (Å²) in [6, 6.07) is 12.3. The summed E-state index contributed by atoms with van der Waals surface area (Å²) >= 11 is 0. The van der Waals surface area contributed by atoms with Crippen molar-refractivity contribution in [2.24, 2.45) is 5.16 Å². The Hall–Kier alpha value is -3.15. The van der Waals surface area contributed by atoms with Crippen LogP contribution in [0.3, 0.4) is 0 Å². The highest BCUT2D eigenvalue weighted by atomic mass is 16.6. The number of allylic oxidation sites excluding steroid dienone is 2. The Balaban J connectivity index is 1.98. The van der Waals surface area contributed by atoms with Crippen LogP contribution < -0.4 is 0 Å². The van der Waals surface area contributed by atoms with Crippen LogP contribution in [0.25, 0.3) is 0 Å². The first-order chi connectivity index (χ1) is 13.6. The van der Waals surface area contributed by atoms with Crippen LogP contribution in [0.2, 0.25) is 0 Å². The van der Waals surface area contributed by atoms with E-state index in [1.807, 2.05) is 26.0 Å². The fourth-order valence-electron chi connectivity index (χ4n) is 3.19. The SMILES string of the molecule is CCO/N=C(/CC)C1=C(OC(=O)c2ccccc2)CC(c2ccco2)CC1=O. The number of oxime groups is 1. The molecule has 0 aliphatic heterocycles. The summed E-state index contributed by atoms with van der Waals surface area (Å²) in [6.45, 7) is 4.09. The van der Waals surface area contributed by atoms with Crippen LogP contribution >= 0.6 is 0 Å². The third kappa shape index (κ3) is 4.39. The number of nitrogens with zero attached hydrogens (tertiary/aromatic N) is 1. The quantitative estimate of drug-likeness (QED) is 0.397. The fourth-order valence-corrected chi connectivity index (χ4v) is 3.19. The van der Waals surface area contributed by atoms with Gasteiger partial charge in [0.2, 0.25) is 0 Å². The second kappa shape index (κ2) is 9.17. The fraction of sp³-hybridized carbons (Fsp3) is 0.318. The molecule has 1 atom stereocenters. The number of rotatable bonds is 7. The largest absolute Gasteiger partial charge is 0.469 e. The average molecular weight is 381 g/mol. The van der Waals surface area contributed by atoms with Gasteiger partial charge in [0.15, 0.2) is 5.78 Å². The van der Waals surface area contributed by atoms with Gasteiger partial charge in [-0.1, -0.05) is 30.3 Å². The Morgan fingerprint density at radius 2 is 1.93 bits per heavy atom. The average Bonchev–Trinajstić information content (AvgIpc) is 3.25. The van der Waals surface area contributed by atoms with Gasteiger partial charge in [-0.05, 0) is 37.6 Å². The molecule has 1 aliphatic rings. The minimum absolute atomic E-state index is 0.135. The number of hydrogen-bond donors (Lipinski definition) is 0. The highest BCUT2D eigenvalue weighted by molar-refractivity contribution is 6.23. The van der Waals surface area contributed by atoms with Crippen LogP contribution in [0.1, 0.15) is 55.1 Å². The van der Waals surface area contributed by atoms with Crippen molar-refractivity contribution in [3.8, 4) is 0 Å². The van der Waals surface area contributed by atoms with Gasteiger partial charge < -0.3 is 14.0 Å². The lowest BCUT2D eigenvalue weighted by atomic mass is 9.83. The summed E-state index contributed by atoms with van der Waals surface area (Å²) in [7, 11) is 0. The summed E-state index contributed by atoms with van der Waals surface area (Å²) in [4.78, 5) is 30.8. The van der Waals surface area contributed by atoms with Crippen molar-refractivity contribution < 1.29 is 23.6 Å². The zero-order valence-corrected chi connectivity index (χ0v) is 16.0. The molecule has 1 heterocycles. The van der Waals surface area contributed by atoms with E-state index in [9.17, 15) is 9.59 Å². The van der Waals surface area contributed by atoms with E-state index in [1.165, 1.54) is 0 Å². The first-order valence-electron chi connectivity index (χ1n) is 9.40. The first-order valence-corrected chi connectivity index (χ1v) is 9.40. The maximum atomic E-state index is 13.0. The molecule has 3 rings (SSSR count). The molecular formula is C22H23NO5. The lowest BCUT2D eigenvalue weighted by Crippen LogP contribution is -2.26. The van der Waals surface area contributed by atoms with Crippen molar-refractivity contribution in [2.75, 3.05) is 6.61 Å². The van der Waals surface area contributed by atoms with Gasteiger partial charge in [-0.2, -0.15) is 0 Å². The second-order valence-electron chi connectivity index (χ2n) is 6.41. The molecule has 0 saturated heterocycles. The number of Topliss-reactive ketones (excluding diaryl/α,β-unsaturated/α-hetero) is 1. The predicted octanol–water partition coefficient (Wildman–Crippen LogP) is 4.64. The molecule has 0 N–H and O–H groups in total. The molecule has 1 aliphatic carbocycles. The van der Waals surface area contributed by atoms with E-state index in [0.717, 1.165) is 0 Å². The van der Waals surface area contributed by atoms with E-state index in [2.05, 4.69) is 5.16 Å². The number of esters is 1. The van der Waals surface area contributed by atoms with Crippen LogP contribution in [-0.4, -0.2) is 24.1 Å². The molecule has 0 spiro atoms. The molecule has 2 aromatic rings. The summed E-state index contributed by atoms with van der Waals surface area (Å²) in [6.07, 6.45) is 2.69. The van der Waals surface area contributed by atoms with E-state index in [0.29, 0.717) is 47.8 Å². The van der Waals surface area contributed by atoms with Crippen molar-refractivity contribution in [2.45, 2.75) is 39.0 Å². The van der Waals surface area contributed by atoms with Gasteiger partial charge >= 0.3 is 5.97 Å². The molecule has 0 bridgehead atoms. The van der Waals surface area contributed by atoms with Crippen molar-refractivity contribution in [1.82, 2.24) is 0 Å². The van der Waals surface area contributed by atoms with Crippen LogP contribution in [0.5, 0.6) is 0 Å². The molecule has 146 valence electrons. The van der Waals surface area contributed by atoms with Crippen LogP contribution in [0.4, 0.5) is 0 Å². The van der Waals surface area contributed by atoms with Gasteiger partial charge in [0.05, 0.1) is 23.1 Å². The number of ether oxygens (including phenoxy) is 1. The van der Waals surface area contributed by atoms with Gasteiger partial charge in [-0.3, -0.25) is 4.79 Å². The maximum Gasteiger partial charge on any atom is 0.343 e. The van der Waals surface area contributed by atoms with Crippen molar-refractivity contribution in [1.29, 1.82) is 0 Å². The minimum atomic E-state index is -0.507. The van der Waals surface area contributed by atoms with Crippen molar-refractivity contribution in [3.05, 3.63) is 71.4 Å². The third-order valence-corrected chi connectivity index (χ3v) is 4.52. The molecule has 0 fully saturated rings. The van der Waals surface area contributed by atoms with Gasteiger partial charge in [-0.25, -0.2) is 4.79 Å². The normalized spacial score (nSPS) is 17.6. The first kappa shape index (κ1) is 19.6. The van der Waals surface area contributed by atoms with Crippen molar-refractivity contribution >= 4 is 17.5 Å². The van der Waals surface area contributed by atoms with Crippen LogP contribution in [0, 0.1) is 0 Å². The molecular weight excluding hydrogens is 358 g/mol. The Labute approximate surface area is 163 Å². The number of benzene rings is 1. The van der Waals surface area contributed by atoms with E-state index in [-0.39, 0.29) is 18.1 Å². The monoisotopic (exact) mass is 381 g/mol. The topological polar surface area (TPSA) is 78.1 Å². The predicted molar refractivity (Wildman–Crippen MR) is 104 cm³/mol. The highest BCUT2D eigenvalue weighted by Crippen LogP contribution is 2.36. The number of furan rings is 1. The Bertz CT molecular complexity index is 881. The molecule has 1 aromatic carbocycles. The zero-order valence-electron chi connectivity index (χ0n) is 16.0. The Morgan fingerprint density at radius 1 is 1.14 bits per heavy atom. The van der Waals surface area contributed by atoms with Crippen LogP contribution in [0.15, 0.2) is 69.6 Å². The van der Waals surface area contributed by atoms with E-state index >= 15 is 0 Å². The van der Waals surface area contributed by atoms with Gasteiger partial charge in [0, 0.05) is 18.8 Å². The Kier molecular flexibility index (Phi) is 6.42. The molecule has 1 unspecified atom stereocenters. The van der Waals surface area contributed by atoms with Gasteiger partial charge in [-0.15, -0.1) is 0 Å². The summed E-state index contributed by atoms with van der Waals surface area (Å²) in [5, 5.41) is 4.08. The summed E-state index contributed by atoms with van der Waals surface area (Å²) < 4.78 is 11.2. The summed E-state index contributed by atoms with van der Waals surface area (Å²) in [5.41, 5.74) is 1.24. The van der Waals surface area contributed by atoms with E-state index in [1.54, 1.807) is 36.6 Å². The molecule has 0 saturated carbocycles. The van der Waals surface area contributed by atoms with Crippen molar-refractivity contribution in [3.63, 3.8) is 0 Å². The number of carbonyl (C=O) groups excluding carboxylic acids is 2. The second-order valence-corrected chi connectivity index (χ2v) is 6.41. The van der Waals surface area contributed by atoms with Crippen LogP contribution in [-0.2, 0) is 14.4 Å². The summed E-state index contributed by atoms with van der Waals surface area (Å²) in [5.74, 6) is 0.180. The molecule has 1 aromatic heterocycles. The van der Waals surface area contributed by atoms with Gasteiger partial charge in [0.25, 0.3) is 0 Å². The number of ketones is 1. The standard InChI is InChI=1S/C22H23NO5/c1-3-17(23-27-4-2)21-18(24)13-16(19-11-8-12-26-19)14-20(21)28-22(25)15-9-6-5-7-10-15/h5-12,16H,3-4,13-14H2,1-2H3/b23-17-. The minimum Gasteiger partial charge on any atom is -0.469 e. The lowest BCUT2D eigenvalue weighted by molar-refractivity contribution is -0.116. The third-order valence-electron chi connectivity index (χ3n) is 4.52. The molecule has 6 nitrogen and oxygen atoms in total.